The van der Waals surface area contributed by atoms with E-state index in [2.05, 4.69) is 30.5 Å². The predicted molar refractivity (Wildman–Crippen MR) is 118 cm³/mol. The van der Waals surface area contributed by atoms with Crippen molar-refractivity contribution in [2.24, 2.45) is 11.8 Å². The molecule has 174 valence electrons. The highest BCUT2D eigenvalue weighted by Gasteiger charge is 2.56. The summed E-state index contributed by atoms with van der Waals surface area (Å²) in [6.45, 7) is 4.69. The molecule has 1 saturated carbocycles. The van der Waals surface area contributed by atoms with Gasteiger partial charge >= 0.3 is 6.36 Å². The Hall–Kier alpha value is -2.82. The minimum Gasteiger partial charge on any atom is -0.405 e. The van der Waals surface area contributed by atoms with Crippen molar-refractivity contribution in [1.82, 2.24) is 19.1 Å². The molecule has 1 saturated heterocycles. The SMILES string of the molecule is Cc1cc(N2CC3C(C2)C3Nc2nc3n(n2)CCCC3c2ccccc2OC(F)(F)F)sn1. The molecular weight excluding hydrogens is 453 g/mol. The zero-order valence-corrected chi connectivity index (χ0v) is 18.7. The number of nitrogens with one attached hydrogen (secondary N) is 1. The highest BCUT2D eigenvalue weighted by molar-refractivity contribution is 7.10. The van der Waals surface area contributed by atoms with Gasteiger partial charge in [0.2, 0.25) is 5.95 Å². The number of anilines is 2. The first kappa shape index (κ1) is 20.8. The Balaban J connectivity index is 1.17. The van der Waals surface area contributed by atoms with Gasteiger partial charge in [-0.1, -0.05) is 18.2 Å². The van der Waals surface area contributed by atoms with Crippen LogP contribution in [0.2, 0.25) is 0 Å². The van der Waals surface area contributed by atoms with Gasteiger partial charge < -0.3 is 15.0 Å². The fourth-order valence-corrected chi connectivity index (χ4v) is 6.04. The molecule has 1 N–H and O–H groups in total. The summed E-state index contributed by atoms with van der Waals surface area (Å²) < 4.78 is 49.2. The van der Waals surface area contributed by atoms with E-state index in [1.54, 1.807) is 29.7 Å². The fourth-order valence-electron chi connectivity index (χ4n) is 5.26. The smallest absolute Gasteiger partial charge is 0.405 e. The normalized spacial score (nSPS) is 26.1. The molecule has 3 unspecified atom stereocenters. The average molecular weight is 477 g/mol. The predicted octanol–water partition coefficient (Wildman–Crippen LogP) is 4.41. The zero-order chi connectivity index (χ0) is 22.7. The van der Waals surface area contributed by atoms with Crippen LogP contribution in [0.25, 0.3) is 0 Å². The Kier molecular flexibility index (Phi) is 4.79. The van der Waals surface area contributed by atoms with Gasteiger partial charge in [0.25, 0.3) is 0 Å². The number of hydrogen-bond acceptors (Lipinski definition) is 7. The summed E-state index contributed by atoms with van der Waals surface area (Å²) in [5.74, 6) is 1.88. The number of aromatic nitrogens is 4. The molecule has 2 aromatic heterocycles. The summed E-state index contributed by atoms with van der Waals surface area (Å²) in [5.41, 5.74) is 1.54. The lowest BCUT2D eigenvalue weighted by Gasteiger charge is -2.24. The van der Waals surface area contributed by atoms with Gasteiger partial charge in [-0.3, -0.25) is 0 Å². The van der Waals surface area contributed by atoms with E-state index in [4.69, 9.17) is 4.98 Å². The van der Waals surface area contributed by atoms with Crippen LogP contribution in [0.4, 0.5) is 24.1 Å². The van der Waals surface area contributed by atoms with Crippen LogP contribution in [0.3, 0.4) is 0 Å². The Morgan fingerprint density at radius 1 is 1.18 bits per heavy atom. The van der Waals surface area contributed by atoms with Crippen molar-refractivity contribution in [3.8, 4) is 5.75 Å². The van der Waals surface area contributed by atoms with E-state index in [1.807, 2.05) is 11.6 Å². The van der Waals surface area contributed by atoms with E-state index in [0.29, 0.717) is 48.2 Å². The van der Waals surface area contributed by atoms with Gasteiger partial charge in [0.1, 0.15) is 16.6 Å². The molecule has 0 amide bonds. The Bertz CT molecular complexity index is 1170. The van der Waals surface area contributed by atoms with Crippen molar-refractivity contribution in [3.63, 3.8) is 0 Å². The van der Waals surface area contributed by atoms with Crippen molar-refractivity contribution in [1.29, 1.82) is 0 Å². The van der Waals surface area contributed by atoms with Gasteiger partial charge in [-0.05, 0) is 43.4 Å². The summed E-state index contributed by atoms with van der Waals surface area (Å²) >= 11 is 1.54. The lowest BCUT2D eigenvalue weighted by atomic mass is 9.90. The fraction of sp³-hybridized carbons (Fsp3) is 0.500. The number of fused-ring (bicyclic) bond motifs is 2. The zero-order valence-electron chi connectivity index (χ0n) is 17.9. The molecule has 0 bridgehead atoms. The molecule has 6 rings (SSSR count). The minimum absolute atomic E-state index is 0.170. The topological polar surface area (TPSA) is 68.1 Å². The van der Waals surface area contributed by atoms with Gasteiger partial charge in [0.05, 0.1) is 5.69 Å². The molecule has 0 spiro atoms. The Labute approximate surface area is 192 Å². The van der Waals surface area contributed by atoms with Crippen molar-refractivity contribution in [2.75, 3.05) is 23.3 Å². The standard InChI is InChI=1S/C22H23F3N6OS/c1-12-9-18(33-29-12)30-10-15-16(11-30)19(15)26-21-27-20-14(6-4-8-31(20)28-21)13-5-2-3-7-17(13)32-22(23,24)25/h2-3,5,7,9,14-16,19H,4,6,8,10-11H2,1H3,(H,26,28). The summed E-state index contributed by atoms with van der Waals surface area (Å²) in [7, 11) is 0. The summed E-state index contributed by atoms with van der Waals surface area (Å²) in [6.07, 6.45) is -3.21. The largest absolute Gasteiger partial charge is 0.573 e. The van der Waals surface area contributed by atoms with Gasteiger partial charge in [-0.25, -0.2) is 4.68 Å². The molecule has 2 fully saturated rings. The number of hydrogen-bond donors (Lipinski definition) is 1. The van der Waals surface area contributed by atoms with E-state index < -0.39 is 6.36 Å². The van der Waals surface area contributed by atoms with E-state index in [9.17, 15) is 13.2 Å². The van der Waals surface area contributed by atoms with Crippen molar-refractivity contribution in [2.45, 2.75) is 44.6 Å². The van der Waals surface area contributed by atoms with Crippen LogP contribution < -0.4 is 15.0 Å². The Morgan fingerprint density at radius 2 is 1.97 bits per heavy atom. The molecular formula is C22H23F3N6OS. The lowest BCUT2D eigenvalue weighted by Crippen LogP contribution is -2.27. The van der Waals surface area contributed by atoms with Crippen molar-refractivity contribution >= 4 is 22.5 Å². The molecule has 33 heavy (non-hydrogen) atoms. The summed E-state index contributed by atoms with van der Waals surface area (Å²) in [5, 5.41) is 9.33. The molecule has 3 aliphatic rings. The third kappa shape index (κ3) is 3.92. The molecule has 1 aliphatic carbocycles. The highest BCUT2D eigenvalue weighted by Crippen LogP contribution is 2.49. The van der Waals surface area contributed by atoms with Crippen LogP contribution >= 0.6 is 11.5 Å². The van der Waals surface area contributed by atoms with E-state index in [0.717, 1.165) is 25.2 Å². The number of halogens is 3. The maximum atomic E-state index is 12.9. The van der Waals surface area contributed by atoms with Crippen LogP contribution in [0.1, 0.15) is 35.8 Å². The maximum Gasteiger partial charge on any atom is 0.573 e. The third-order valence-corrected chi connectivity index (χ3v) is 7.75. The molecule has 3 atom stereocenters. The summed E-state index contributed by atoms with van der Waals surface area (Å²) in [4.78, 5) is 7.10. The first-order chi connectivity index (χ1) is 15.9. The number of benzene rings is 1. The molecule has 1 aromatic carbocycles. The van der Waals surface area contributed by atoms with E-state index in [1.165, 1.54) is 11.1 Å². The first-order valence-corrected chi connectivity index (χ1v) is 11.9. The number of alkyl halides is 3. The van der Waals surface area contributed by atoms with Crippen molar-refractivity contribution in [3.05, 3.63) is 47.4 Å². The molecule has 11 heteroatoms. The number of para-hydroxylation sites is 1. The summed E-state index contributed by atoms with van der Waals surface area (Å²) in [6, 6.07) is 8.79. The van der Waals surface area contributed by atoms with E-state index >= 15 is 0 Å². The second kappa shape index (κ2) is 7.61. The molecule has 3 aromatic rings. The van der Waals surface area contributed by atoms with Crippen LogP contribution in [0.5, 0.6) is 5.75 Å². The molecule has 7 nitrogen and oxygen atoms in total. The second-order valence-corrected chi connectivity index (χ2v) is 9.79. The van der Waals surface area contributed by atoms with E-state index in [-0.39, 0.29) is 11.7 Å². The minimum atomic E-state index is -4.74. The van der Waals surface area contributed by atoms with Crippen LogP contribution in [0.15, 0.2) is 30.3 Å². The van der Waals surface area contributed by atoms with Gasteiger partial charge in [0.15, 0.2) is 0 Å². The first-order valence-electron chi connectivity index (χ1n) is 11.1. The number of ether oxygens (including phenoxy) is 1. The quantitative estimate of drug-likeness (QED) is 0.588. The maximum absolute atomic E-state index is 12.9. The number of piperidine rings is 1. The van der Waals surface area contributed by atoms with Crippen LogP contribution in [-0.2, 0) is 6.54 Å². The van der Waals surface area contributed by atoms with Gasteiger partial charge in [-0.2, -0.15) is 9.36 Å². The van der Waals surface area contributed by atoms with Gasteiger partial charge in [-0.15, -0.1) is 18.3 Å². The van der Waals surface area contributed by atoms with Crippen LogP contribution in [0, 0.1) is 18.8 Å². The van der Waals surface area contributed by atoms with Gasteiger partial charge in [0, 0.05) is 49.0 Å². The van der Waals surface area contributed by atoms with Crippen molar-refractivity contribution < 1.29 is 17.9 Å². The number of nitrogens with zero attached hydrogens (tertiary/aromatic N) is 5. The molecule has 2 aliphatic heterocycles. The molecule has 4 heterocycles. The monoisotopic (exact) mass is 476 g/mol. The highest BCUT2D eigenvalue weighted by atomic mass is 32.1. The lowest BCUT2D eigenvalue weighted by molar-refractivity contribution is -0.275. The third-order valence-electron chi connectivity index (χ3n) is 6.81. The second-order valence-electron chi connectivity index (χ2n) is 9.01. The number of rotatable bonds is 5. The van der Waals surface area contributed by atoms with Crippen LogP contribution in [-0.4, -0.2) is 44.6 Å². The average Bonchev–Trinajstić information content (AvgIpc) is 3.22. The Morgan fingerprint density at radius 3 is 2.70 bits per heavy atom. The number of aryl methyl sites for hydroxylation is 2. The molecule has 0 radical (unpaired) electrons.